The number of aliphatic hydroxyl groups is 4. The molecular formula is C47H84O10. The SMILES string of the molecule is CC/C=C/C=C/C=C/CCCCCCCC(=O)OC(COC(=O)CCCCCCCCCCCCCCCCCCCCC)CO[C@H]1O[C@@H](CO)[C@@H](O)C(O)C1O. The van der Waals surface area contributed by atoms with Crippen molar-refractivity contribution in [2.45, 2.75) is 230 Å². The monoisotopic (exact) mass is 809 g/mol. The first-order valence-corrected chi connectivity index (χ1v) is 23.1. The van der Waals surface area contributed by atoms with E-state index in [1.54, 1.807) is 0 Å². The molecule has 0 aromatic rings. The van der Waals surface area contributed by atoms with E-state index in [0.717, 1.165) is 57.8 Å². The largest absolute Gasteiger partial charge is 0.462 e. The van der Waals surface area contributed by atoms with Gasteiger partial charge in [0.1, 0.15) is 31.0 Å². The molecule has 0 radical (unpaired) electrons. The Morgan fingerprint density at radius 2 is 1.04 bits per heavy atom. The molecule has 0 bridgehead atoms. The first-order valence-electron chi connectivity index (χ1n) is 23.1. The average molecular weight is 809 g/mol. The summed E-state index contributed by atoms with van der Waals surface area (Å²) < 4.78 is 22.1. The number of carbonyl (C=O) groups is 2. The summed E-state index contributed by atoms with van der Waals surface area (Å²) in [7, 11) is 0. The van der Waals surface area contributed by atoms with Crippen molar-refractivity contribution < 1.29 is 49.0 Å². The molecule has 1 aliphatic rings. The fourth-order valence-corrected chi connectivity index (χ4v) is 6.95. The molecule has 0 aromatic heterocycles. The van der Waals surface area contributed by atoms with E-state index in [0.29, 0.717) is 6.42 Å². The Labute approximate surface area is 346 Å². The van der Waals surface area contributed by atoms with Gasteiger partial charge in [0.2, 0.25) is 0 Å². The predicted octanol–water partition coefficient (Wildman–Crippen LogP) is 9.89. The summed E-state index contributed by atoms with van der Waals surface area (Å²) in [6.07, 6.45) is 35.9. The maximum atomic E-state index is 12.7. The second-order valence-corrected chi connectivity index (χ2v) is 15.9. The first kappa shape index (κ1) is 52.9. The molecule has 0 amide bonds. The number of aliphatic hydroxyl groups excluding tert-OH is 4. The number of rotatable bonds is 38. The van der Waals surface area contributed by atoms with Crippen LogP contribution in [0.1, 0.15) is 194 Å². The Morgan fingerprint density at radius 3 is 1.54 bits per heavy atom. The zero-order chi connectivity index (χ0) is 41.6. The van der Waals surface area contributed by atoms with E-state index in [1.165, 1.54) is 103 Å². The Hall–Kier alpha value is -2.08. The van der Waals surface area contributed by atoms with Crippen LogP contribution < -0.4 is 0 Å². The van der Waals surface area contributed by atoms with Gasteiger partial charge in [-0.25, -0.2) is 0 Å². The van der Waals surface area contributed by atoms with Crippen LogP contribution >= 0.6 is 0 Å². The van der Waals surface area contributed by atoms with Crippen molar-refractivity contribution in [3.05, 3.63) is 36.5 Å². The third kappa shape index (κ3) is 29.7. The second kappa shape index (κ2) is 38.1. The maximum absolute atomic E-state index is 12.7. The van der Waals surface area contributed by atoms with Gasteiger partial charge in [-0.05, 0) is 32.1 Å². The van der Waals surface area contributed by atoms with Gasteiger partial charge in [0.05, 0.1) is 13.2 Å². The number of hydrogen-bond donors (Lipinski definition) is 4. The highest BCUT2D eigenvalue weighted by Crippen LogP contribution is 2.23. The number of unbranched alkanes of at least 4 members (excludes halogenated alkanes) is 23. The molecule has 1 fully saturated rings. The smallest absolute Gasteiger partial charge is 0.306 e. The van der Waals surface area contributed by atoms with Crippen molar-refractivity contribution in [1.29, 1.82) is 0 Å². The van der Waals surface area contributed by atoms with Crippen molar-refractivity contribution in [3.8, 4) is 0 Å². The van der Waals surface area contributed by atoms with Gasteiger partial charge in [0.25, 0.3) is 0 Å². The Bertz CT molecular complexity index is 1030. The van der Waals surface area contributed by atoms with Gasteiger partial charge in [0.15, 0.2) is 12.4 Å². The summed E-state index contributed by atoms with van der Waals surface area (Å²) in [5.74, 6) is -0.825. The second-order valence-electron chi connectivity index (χ2n) is 15.9. The molecule has 57 heavy (non-hydrogen) atoms. The summed E-state index contributed by atoms with van der Waals surface area (Å²) >= 11 is 0. The number of hydrogen-bond acceptors (Lipinski definition) is 10. The lowest BCUT2D eigenvalue weighted by molar-refractivity contribution is -0.305. The summed E-state index contributed by atoms with van der Waals surface area (Å²) in [5, 5.41) is 40.1. The van der Waals surface area contributed by atoms with Crippen LogP contribution in [0, 0.1) is 0 Å². The lowest BCUT2D eigenvalue weighted by Gasteiger charge is -2.39. The van der Waals surface area contributed by atoms with E-state index >= 15 is 0 Å². The van der Waals surface area contributed by atoms with Gasteiger partial charge in [-0.1, -0.05) is 185 Å². The maximum Gasteiger partial charge on any atom is 0.306 e. The molecule has 1 aliphatic heterocycles. The molecule has 0 saturated carbocycles. The molecule has 1 saturated heterocycles. The summed E-state index contributed by atoms with van der Waals surface area (Å²) in [5.41, 5.74) is 0. The van der Waals surface area contributed by atoms with Crippen LogP contribution in [0.15, 0.2) is 36.5 Å². The molecule has 10 nitrogen and oxygen atoms in total. The Kier molecular flexibility index (Phi) is 35.4. The minimum Gasteiger partial charge on any atom is -0.462 e. The predicted molar refractivity (Wildman–Crippen MR) is 229 cm³/mol. The van der Waals surface area contributed by atoms with Crippen LogP contribution in [0.2, 0.25) is 0 Å². The molecule has 0 spiro atoms. The molecule has 3 unspecified atom stereocenters. The van der Waals surface area contributed by atoms with Gasteiger partial charge in [-0.2, -0.15) is 0 Å². The third-order valence-corrected chi connectivity index (χ3v) is 10.6. The Balaban J connectivity index is 2.29. The summed E-state index contributed by atoms with van der Waals surface area (Å²) in [4.78, 5) is 25.3. The standard InChI is InChI=1S/C47H84O10/c1-3-5-7-9-11-13-15-17-18-19-20-21-22-24-25-27-29-31-33-35-42(49)54-38-40(39-55-47-46(53)45(52)44(51)41(37-48)57-47)56-43(50)36-34-32-30-28-26-23-16-14-12-10-8-6-4-2/h6,8,10,12,14,16,40-41,44-48,51-53H,3-5,7,9,11,13,15,17-39H2,1-2H3/b8-6+,12-10+,16-14+/t40?,41-,44+,45?,46?,47-/m0/s1. The van der Waals surface area contributed by atoms with E-state index in [2.05, 4.69) is 32.1 Å². The van der Waals surface area contributed by atoms with Gasteiger partial charge in [-0.3, -0.25) is 9.59 Å². The molecule has 332 valence electrons. The first-order chi connectivity index (χ1) is 27.8. The zero-order valence-electron chi connectivity index (χ0n) is 36.1. The number of ether oxygens (including phenoxy) is 4. The quantitative estimate of drug-likeness (QED) is 0.0270. The highest BCUT2D eigenvalue weighted by atomic mass is 16.7. The van der Waals surface area contributed by atoms with Crippen LogP contribution in [-0.4, -0.2) is 89.0 Å². The minimum absolute atomic E-state index is 0.208. The fourth-order valence-electron chi connectivity index (χ4n) is 6.95. The minimum atomic E-state index is -1.60. The van der Waals surface area contributed by atoms with Crippen LogP contribution in [0.25, 0.3) is 0 Å². The molecule has 0 aliphatic carbocycles. The molecular weight excluding hydrogens is 725 g/mol. The highest BCUT2D eigenvalue weighted by Gasteiger charge is 2.44. The number of carbonyl (C=O) groups excluding carboxylic acids is 2. The highest BCUT2D eigenvalue weighted by molar-refractivity contribution is 5.70. The molecule has 4 N–H and O–H groups in total. The summed E-state index contributed by atoms with van der Waals surface area (Å²) in [6.45, 7) is 3.28. The lowest BCUT2D eigenvalue weighted by Crippen LogP contribution is -2.59. The normalized spacial score (nSPS) is 20.6. The Morgan fingerprint density at radius 1 is 0.561 bits per heavy atom. The zero-order valence-corrected chi connectivity index (χ0v) is 36.1. The summed E-state index contributed by atoms with van der Waals surface area (Å²) in [6, 6.07) is 0. The van der Waals surface area contributed by atoms with E-state index < -0.39 is 49.4 Å². The van der Waals surface area contributed by atoms with E-state index in [9.17, 15) is 30.0 Å². The van der Waals surface area contributed by atoms with Crippen LogP contribution in [-0.2, 0) is 28.5 Å². The van der Waals surface area contributed by atoms with E-state index in [4.69, 9.17) is 18.9 Å². The molecule has 10 heteroatoms. The van der Waals surface area contributed by atoms with E-state index in [-0.39, 0.29) is 32.0 Å². The fraction of sp³-hybridized carbons (Fsp3) is 0.830. The van der Waals surface area contributed by atoms with Crippen molar-refractivity contribution in [3.63, 3.8) is 0 Å². The van der Waals surface area contributed by atoms with Gasteiger partial charge >= 0.3 is 11.9 Å². The molecule has 0 aromatic carbocycles. The average Bonchev–Trinajstić information content (AvgIpc) is 3.21. The number of esters is 2. The van der Waals surface area contributed by atoms with Crippen LogP contribution in [0.5, 0.6) is 0 Å². The molecule has 1 heterocycles. The van der Waals surface area contributed by atoms with Crippen LogP contribution in [0.4, 0.5) is 0 Å². The van der Waals surface area contributed by atoms with Gasteiger partial charge in [-0.15, -0.1) is 0 Å². The molecule has 6 atom stereocenters. The third-order valence-electron chi connectivity index (χ3n) is 10.6. The number of allylic oxidation sites excluding steroid dienone is 6. The van der Waals surface area contributed by atoms with Crippen molar-refractivity contribution >= 4 is 11.9 Å². The van der Waals surface area contributed by atoms with Crippen molar-refractivity contribution in [2.75, 3.05) is 19.8 Å². The van der Waals surface area contributed by atoms with E-state index in [1.807, 2.05) is 18.2 Å². The molecule has 1 rings (SSSR count). The topological polar surface area (TPSA) is 152 Å². The van der Waals surface area contributed by atoms with Gasteiger partial charge < -0.3 is 39.4 Å². The van der Waals surface area contributed by atoms with Gasteiger partial charge in [0, 0.05) is 12.8 Å². The lowest BCUT2D eigenvalue weighted by atomic mass is 9.99. The van der Waals surface area contributed by atoms with Crippen LogP contribution in [0.3, 0.4) is 0 Å². The van der Waals surface area contributed by atoms with Crippen molar-refractivity contribution in [1.82, 2.24) is 0 Å². The van der Waals surface area contributed by atoms with Crippen molar-refractivity contribution in [2.24, 2.45) is 0 Å².